The zero-order valence-corrected chi connectivity index (χ0v) is 10.0. The Hall–Kier alpha value is -0.0400. The third kappa shape index (κ3) is 51.0. The van der Waals surface area contributed by atoms with E-state index in [0.717, 1.165) is 6.54 Å². The highest BCUT2D eigenvalue weighted by Crippen LogP contribution is 1.80. The van der Waals surface area contributed by atoms with Gasteiger partial charge in [-0.3, -0.25) is 0 Å². The first-order valence-corrected chi connectivity index (χ1v) is 5.54. The molecule has 0 radical (unpaired) electrons. The monoisotopic (exact) mass is 175 g/mol. The Balaban J connectivity index is -0.000000137. The Morgan fingerprint density at radius 2 is 1.33 bits per heavy atom. The molecule has 0 aliphatic carbocycles. The first-order chi connectivity index (χ1) is 5.83. The molecule has 0 aromatic heterocycles. The molecule has 0 saturated carbocycles. The zero-order chi connectivity index (χ0) is 10.2. The summed E-state index contributed by atoms with van der Waals surface area (Å²) in [6, 6.07) is 0. The van der Waals surface area contributed by atoms with E-state index in [0.29, 0.717) is 0 Å². The fraction of sp³-hybridized carbons (Fsp3) is 1.00. The van der Waals surface area contributed by atoms with Gasteiger partial charge in [-0.25, -0.2) is 0 Å². The van der Waals surface area contributed by atoms with Crippen molar-refractivity contribution >= 4 is 0 Å². The molecule has 0 saturated heterocycles. The molecular weight excluding hydrogens is 146 g/mol. The van der Waals surface area contributed by atoms with E-state index >= 15 is 0 Å². The SMILES string of the molecule is CC.CCC.CCCCNCC. The van der Waals surface area contributed by atoms with E-state index in [1.807, 2.05) is 13.8 Å². The van der Waals surface area contributed by atoms with Crippen LogP contribution in [0.1, 0.15) is 60.8 Å². The number of rotatable bonds is 4. The minimum atomic E-state index is 1.11. The third-order valence-corrected chi connectivity index (χ3v) is 0.957. The molecule has 0 aliphatic rings. The average molecular weight is 175 g/mol. The summed E-state index contributed by atoms with van der Waals surface area (Å²) in [5, 5.41) is 3.25. The summed E-state index contributed by atoms with van der Waals surface area (Å²) in [6.45, 7) is 14.9. The van der Waals surface area contributed by atoms with Crippen LogP contribution in [0, 0.1) is 0 Å². The fourth-order valence-electron chi connectivity index (χ4n) is 0.479. The largest absolute Gasteiger partial charge is 0.317 e. The van der Waals surface area contributed by atoms with Gasteiger partial charge in [0.1, 0.15) is 0 Å². The maximum atomic E-state index is 3.25. The van der Waals surface area contributed by atoms with Crippen LogP contribution in [0.5, 0.6) is 0 Å². The third-order valence-electron chi connectivity index (χ3n) is 0.957. The molecule has 0 atom stereocenters. The van der Waals surface area contributed by atoms with Crippen LogP contribution in [0.4, 0.5) is 0 Å². The van der Waals surface area contributed by atoms with Crippen LogP contribution >= 0.6 is 0 Å². The topological polar surface area (TPSA) is 12.0 Å². The van der Waals surface area contributed by atoms with Crippen molar-refractivity contribution in [2.75, 3.05) is 13.1 Å². The summed E-state index contributed by atoms with van der Waals surface area (Å²) in [6.07, 6.45) is 3.86. The van der Waals surface area contributed by atoms with Gasteiger partial charge in [-0.05, 0) is 19.5 Å². The summed E-state index contributed by atoms with van der Waals surface area (Å²) in [4.78, 5) is 0. The van der Waals surface area contributed by atoms with Gasteiger partial charge >= 0.3 is 0 Å². The molecule has 78 valence electrons. The molecule has 0 unspecified atom stereocenters. The van der Waals surface area contributed by atoms with E-state index < -0.39 is 0 Å². The number of hydrogen-bond acceptors (Lipinski definition) is 1. The number of unbranched alkanes of at least 4 members (excludes halogenated alkanes) is 1. The van der Waals surface area contributed by atoms with E-state index in [-0.39, 0.29) is 0 Å². The van der Waals surface area contributed by atoms with E-state index in [2.05, 4.69) is 33.0 Å². The maximum absolute atomic E-state index is 3.25. The van der Waals surface area contributed by atoms with E-state index in [4.69, 9.17) is 0 Å². The van der Waals surface area contributed by atoms with Crippen LogP contribution < -0.4 is 5.32 Å². The van der Waals surface area contributed by atoms with Gasteiger partial charge in [0, 0.05) is 0 Å². The predicted octanol–water partition coefficient (Wildman–Crippen LogP) is 3.84. The summed E-state index contributed by atoms with van der Waals surface area (Å²) < 4.78 is 0. The first-order valence-electron chi connectivity index (χ1n) is 5.54. The van der Waals surface area contributed by atoms with Gasteiger partial charge in [-0.1, -0.05) is 54.4 Å². The van der Waals surface area contributed by atoms with Crippen LogP contribution in [0.2, 0.25) is 0 Å². The highest BCUT2D eigenvalue weighted by atomic mass is 14.8. The van der Waals surface area contributed by atoms with Crippen molar-refractivity contribution in [3.05, 3.63) is 0 Å². The van der Waals surface area contributed by atoms with Crippen LogP contribution in [-0.2, 0) is 0 Å². The Morgan fingerprint density at radius 3 is 1.58 bits per heavy atom. The smallest absolute Gasteiger partial charge is 0.00491 e. The fourth-order valence-corrected chi connectivity index (χ4v) is 0.479. The Bertz CT molecular complexity index is 32.0. The Kier molecular flexibility index (Phi) is 45.6. The van der Waals surface area contributed by atoms with Crippen molar-refractivity contribution < 1.29 is 0 Å². The second-order valence-corrected chi connectivity index (χ2v) is 2.41. The molecule has 0 spiro atoms. The van der Waals surface area contributed by atoms with Gasteiger partial charge in [0.2, 0.25) is 0 Å². The molecule has 1 heteroatoms. The highest BCUT2D eigenvalue weighted by Gasteiger charge is 1.77. The highest BCUT2D eigenvalue weighted by molar-refractivity contribution is 4.39. The summed E-state index contributed by atoms with van der Waals surface area (Å²) in [7, 11) is 0. The van der Waals surface area contributed by atoms with Crippen molar-refractivity contribution in [3.63, 3.8) is 0 Å². The van der Waals surface area contributed by atoms with Crippen molar-refractivity contribution in [2.24, 2.45) is 0 Å². The molecular formula is C11H29N. The Morgan fingerprint density at radius 1 is 0.917 bits per heavy atom. The van der Waals surface area contributed by atoms with Crippen LogP contribution in [-0.4, -0.2) is 13.1 Å². The molecule has 1 N–H and O–H groups in total. The maximum Gasteiger partial charge on any atom is -0.00491 e. The van der Waals surface area contributed by atoms with E-state index in [9.17, 15) is 0 Å². The lowest BCUT2D eigenvalue weighted by Gasteiger charge is -1.95. The summed E-state index contributed by atoms with van der Waals surface area (Å²) in [5.74, 6) is 0. The average Bonchev–Trinajstić information content (AvgIpc) is 2.11. The standard InChI is InChI=1S/C6H15N.C3H8.C2H6/c1-3-5-6-7-4-2;1-3-2;1-2/h7H,3-6H2,1-2H3;3H2,1-2H3;1-2H3. The second kappa shape index (κ2) is 30.6. The lowest BCUT2D eigenvalue weighted by Crippen LogP contribution is -2.13. The minimum Gasteiger partial charge on any atom is -0.317 e. The zero-order valence-electron chi connectivity index (χ0n) is 10.0. The molecule has 0 amide bonds. The molecule has 12 heavy (non-hydrogen) atoms. The molecule has 1 nitrogen and oxygen atoms in total. The molecule has 0 heterocycles. The lowest BCUT2D eigenvalue weighted by molar-refractivity contribution is 0.663. The van der Waals surface area contributed by atoms with Gasteiger partial charge in [0.25, 0.3) is 0 Å². The van der Waals surface area contributed by atoms with Crippen LogP contribution in [0.3, 0.4) is 0 Å². The Labute approximate surface area is 80.0 Å². The lowest BCUT2D eigenvalue weighted by atomic mass is 10.3. The molecule has 0 aliphatic heterocycles. The van der Waals surface area contributed by atoms with Crippen molar-refractivity contribution in [1.82, 2.24) is 5.32 Å². The number of nitrogens with one attached hydrogen (secondary N) is 1. The number of hydrogen-bond donors (Lipinski definition) is 1. The van der Waals surface area contributed by atoms with Gasteiger partial charge in [0.15, 0.2) is 0 Å². The normalized spacial score (nSPS) is 7.50. The molecule has 0 fully saturated rings. The molecule has 0 bridgehead atoms. The van der Waals surface area contributed by atoms with Crippen molar-refractivity contribution in [1.29, 1.82) is 0 Å². The van der Waals surface area contributed by atoms with Crippen molar-refractivity contribution in [2.45, 2.75) is 60.8 Å². The van der Waals surface area contributed by atoms with Gasteiger partial charge < -0.3 is 5.32 Å². The quantitative estimate of drug-likeness (QED) is 0.640. The molecule has 0 rings (SSSR count). The van der Waals surface area contributed by atoms with Crippen molar-refractivity contribution in [3.8, 4) is 0 Å². The van der Waals surface area contributed by atoms with E-state index in [1.165, 1.54) is 25.8 Å². The molecule has 0 aromatic rings. The predicted molar refractivity (Wildman–Crippen MR) is 60.8 cm³/mol. The summed E-state index contributed by atoms with van der Waals surface area (Å²) >= 11 is 0. The van der Waals surface area contributed by atoms with Gasteiger partial charge in [-0.2, -0.15) is 0 Å². The van der Waals surface area contributed by atoms with Gasteiger partial charge in [-0.15, -0.1) is 0 Å². The second-order valence-electron chi connectivity index (χ2n) is 2.41. The minimum absolute atomic E-state index is 1.11. The first kappa shape index (κ1) is 17.9. The van der Waals surface area contributed by atoms with Crippen LogP contribution in [0.25, 0.3) is 0 Å². The molecule has 0 aromatic carbocycles. The van der Waals surface area contributed by atoms with E-state index in [1.54, 1.807) is 0 Å². The summed E-state index contributed by atoms with van der Waals surface area (Å²) in [5.41, 5.74) is 0. The van der Waals surface area contributed by atoms with Gasteiger partial charge in [0.05, 0.1) is 0 Å². The van der Waals surface area contributed by atoms with Crippen LogP contribution in [0.15, 0.2) is 0 Å².